The van der Waals surface area contributed by atoms with E-state index in [0.29, 0.717) is 44.8 Å². The van der Waals surface area contributed by atoms with Gasteiger partial charge in [0.15, 0.2) is 0 Å². The van der Waals surface area contributed by atoms with Crippen molar-refractivity contribution in [3.8, 4) is 5.75 Å². The zero-order valence-electron chi connectivity index (χ0n) is 23.0. The Balaban J connectivity index is 1.53. The van der Waals surface area contributed by atoms with Crippen molar-refractivity contribution in [1.29, 1.82) is 0 Å². The van der Waals surface area contributed by atoms with Crippen LogP contribution in [0, 0.1) is 12.8 Å². The second-order valence-corrected chi connectivity index (χ2v) is 10.4. The van der Waals surface area contributed by atoms with Crippen LogP contribution in [0.5, 0.6) is 5.75 Å². The first kappa shape index (κ1) is 30.2. The SMILES string of the molecule is Cc1ccc(OCCC2CCCNC2)cc1CNC(=O)[C@H](CCc1ccccc1)NC(=O)CCCCC(=O)O. The molecule has 2 amide bonds. The first-order valence-corrected chi connectivity index (χ1v) is 14.2. The summed E-state index contributed by atoms with van der Waals surface area (Å²) in [4.78, 5) is 36.5. The number of hydrogen-bond acceptors (Lipinski definition) is 5. The van der Waals surface area contributed by atoms with E-state index in [9.17, 15) is 14.4 Å². The largest absolute Gasteiger partial charge is 0.494 e. The van der Waals surface area contributed by atoms with Crippen LogP contribution in [0.1, 0.15) is 68.1 Å². The van der Waals surface area contributed by atoms with Crippen molar-refractivity contribution < 1.29 is 24.2 Å². The van der Waals surface area contributed by atoms with Gasteiger partial charge in [0.25, 0.3) is 0 Å². The van der Waals surface area contributed by atoms with Crippen LogP contribution in [0.25, 0.3) is 0 Å². The van der Waals surface area contributed by atoms with Crippen molar-refractivity contribution in [2.24, 2.45) is 5.92 Å². The van der Waals surface area contributed by atoms with Gasteiger partial charge in [0.1, 0.15) is 11.8 Å². The number of carboxylic acids is 1. The summed E-state index contributed by atoms with van der Waals surface area (Å²) < 4.78 is 6.03. The predicted molar refractivity (Wildman–Crippen MR) is 152 cm³/mol. The first-order chi connectivity index (χ1) is 18.9. The lowest BCUT2D eigenvalue weighted by atomic mass is 9.97. The van der Waals surface area contributed by atoms with E-state index < -0.39 is 12.0 Å². The molecule has 2 aromatic rings. The van der Waals surface area contributed by atoms with Crippen LogP contribution in [-0.2, 0) is 27.3 Å². The van der Waals surface area contributed by atoms with Gasteiger partial charge in [-0.3, -0.25) is 14.4 Å². The van der Waals surface area contributed by atoms with Crippen LogP contribution in [0.2, 0.25) is 0 Å². The molecule has 2 atom stereocenters. The van der Waals surface area contributed by atoms with Gasteiger partial charge in [0.05, 0.1) is 6.61 Å². The van der Waals surface area contributed by atoms with Crippen LogP contribution in [0.3, 0.4) is 0 Å². The van der Waals surface area contributed by atoms with E-state index in [4.69, 9.17) is 9.84 Å². The smallest absolute Gasteiger partial charge is 0.303 e. The Morgan fingerprint density at radius 3 is 2.64 bits per heavy atom. The third kappa shape index (κ3) is 11.5. The minimum Gasteiger partial charge on any atom is -0.494 e. The normalized spacial score (nSPS) is 15.8. The van der Waals surface area contributed by atoms with Crippen molar-refractivity contribution in [1.82, 2.24) is 16.0 Å². The highest BCUT2D eigenvalue weighted by Crippen LogP contribution is 2.20. The van der Waals surface area contributed by atoms with Gasteiger partial charge in [0.2, 0.25) is 11.8 Å². The molecule has 8 nitrogen and oxygen atoms in total. The third-order valence-corrected chi connectivity index (χ3v) is 7.23. The zero-order chi connectivity index (χ0) is 27.9. The monoisotopic (exact) mass is 537 g/mol. The fourth-order valence-electron chi connectivity index (χ4n) is 4.80. The van der Waals surface area contributed by atoms with E-state index in [1.54, 1.807) is 0 Å². The molecule has 4 N–H and O–H groups in total. The Labute approximate surface area is 231 Å². The Bertz CT molecular complexity index is 1050. The molecule has 2 aromatic carbocycles. The molecule has 8 heteroatoms. The quantitative estimate of drug-likeness (QED) is 0.239. The van der Waals surface area contributed by atoms with Crippen LogP contribution in [0.4, 0.5) is 0 Å². The zero-order valence-corrected chi connectivity index (χ0v) is 23.0. The molecule has 1 fully saturated rings. The number of benzene rings is 2. The van der Waals surface area contributed by atoms with Crippen molar-refractivity contribution >= 4 is 17.8 Å². The maximum atomic E-state index is 13.2. The fraction of sp³-hybridized carbons (Fsp3) is 0.516. The van der Waals surface area contributed by atoms with Crippen molar-refractivity contribution in [3.63, 3.8) is 0 Å². The number of carboxylic acid groups (broad SMARTS) is 1. The number of carbonyl (C=O) groups excluding carboxylic acids is 2. The van der Waals surface area contributed by atoms with Crippen LogP contribution in [0.15, 0.2) is 48.5 Å². The average Bonchev–Trinajstić information content (AvgIpc) is 2.94. The van der Waals surface area contributed by atoms with Gasteiger partial charge < -0.3 is 25.8 Å². The number of piperidine rings is 1. The minimum absolute atomic E-state index is 0.0329. The molecular weight excluding hydrogens is 494 g/mol. The van der Waals surface area contributed by atoms with Gasteiger partial charge in [-0.15, -0.1) is 0 Å². The number of aryl methyl sites for hydroxylation is 2. The minimum atomic E-state index is -0.873. The van der Waals surface area contributed by atoms with Crippen LogP contribution in [-0.4, -0.2) is 48.6 Å². The summed E-state index contributed by atoms with van der Waals surface area (Å²) in [6, 6.07) is 15.1. The van der Waals surface area contributed by atoms with Crippen molar-refractivity contribution in [2.75, 3.05) is 19.7 Å². The first-order valence-electron chi connectivity index (χ1n) is 14.2. The molecule has 3 rings (SSSR count). The molecule has 0 radical (unpaired) electrons. The number of amides is 2. The average molecular weight is 538 g/mol. The van der Waals surface area contributed by atoms with Gasteiger partial charge >= 0.3 is 5.97 Å². The molecule has 0 aromatic heterocycles. The second kappa shape index (κ2) is 16.5. The fourth-order valence-corrected chi connectivity index (χ4v) is 4.80. The number of nitrogens with one attached hydrogen (secondary N) is 3. The standard InChI is InChI=1S/C31H43N3O5/c1-23-13-15-27(39-19-17-25-10-7-18-32-21-25)20-26(23)22-33-31(38)28(16-14-24-8-3-2-4-9-24)34-29(35)11-5-6-12-30(36)37/h2-4,8-9,13,15,20,25,28,32H,5-7,10-12,14,16-19,21-22H2,1H3,(H,33,38)(H,34,35)(H,36,37)/t25?,28-/m0/s1. The van der Waals surface area contributed by atoms with Crippen molar-refractivity contribution in [2.45, 2.75) is 77.3 Å². The number of aliphatic carboxylic acids is 1. The number of ether oxygens (including phenoxy) is 1. The second-order valence-electron chi connectivity index (χ2n) is 10.4. The van der Waals surface area contributed by atoms with Crippen LogP contribution < -0.4 is 20.7 Å². The van der Waals surface area contributed by atoms with E-state index in [1.165, 1.54) is 12.8 Å². The van der Waals surface area contributed by atoms with Gasteiger partial charge in [0, 0.05) is 19.4 Å². The summed E-state index contributed by atoms with van der Waals surface area (Å²) >= 11 is 0. The molecule has 1 heterocycles. The number of unbranched alkanes of at least 4 members (excludes halogenated alkanes) is 1. The molecule has 0 spiro atoms. The lowest BCUT2D eigenvalue weighted by Crippen LogP contribution is -2.46. The lowest BCUT2D eigenvalue weighted by molar-refractivity contribution is -0.137. The number of carbonyl (C=O) groups is 3. The summed E-state index contributed by atoms with van der Waals surface area (Å²) in [6.07, 6.45) is 5.72. The molecule has 39 heavy (non-hydrogen) atoms. The molecular formula is C31H43N3O5. The molecule has 1 aliphatic heterocycles. The van der Waals surface area contributed by atoms with E-state index >= 15 is 0 Å². The molecule has 0 saturated carbocycles. The van der Waals surface area contributed by atoms with Crippen LogP contribution >= 0.6 is 0 Å². The Morgan fingerprint density at radius 1 is 1.10 bits per heavy atom. The summed E-state index contributed by atoms with van der Waals surface area (Å²) in [5.41, 5.74) is 3.13. The maximum absolute atomic E-state index is 13.2. The van der Waals surface area contributed by atoms with E-state index in [-0.39, 0.29) is 24.7 Å². The van der Waals surface area contributed by atoms with Gasteiger partial charge in [-0.1, -0.05) is 36.4 Å². The van der Waals surface area contributed by atoms with Gasteiger partial charge in [-0.25, -0.2) is 0 Å². The van der Waals surface area contributed by atoms with Gasteiger partial charge in [-0.05, 0) is 99.7 Å². The Hall–Kier alpha value is -3.39. The molecule has 1 aliphatic rings. The third-order valence-electron chi connectivity index (χ3n) is 7.23. The van der Waals surface area contributed by atoms with Gasteiger partial charge in [-0.2, -0.15) is 0 Å². The molecule has 1 saturated heterocycles. The van der Waals surface area contributed by atoms with E-state index in [2.05, 4.69) is 16.0 Å². The van der Waals surface area contributed by atoms with Crippen molar-refractivity contribution in [3.05, 3.63) is 65.2 Å². The molecule has 0 bridgehead atoms. The summed E-state index contributed by atoms with van der Waals surface area (Å²) in [5, 5.41) is 18.1. The molecule has 212 valence electrons. The van der Waals surface area contributed by atoms with E-state index in [1.807, 2.05) is 55.5 Å². The lowest BCUT2D eigenvalue weighted by Gasteiger charge is -2.22. The molecule has 0 aliphatic carbocycles. The highest BCUT2D eigenvalue weighted by atomic mass is 16.5. The topological polar surface area (TPSA) is 117 Å². The number of rotatable bonds is 16. The number of hydrogen-bond donors (Lipinski definition) is 4. The summed E-state index contributed by atoms with van der Waals surface area (Å²) in [7, 11) is 0. The predicted octanol–water partition coefficient (Wildman–Crippen LogP) is 4.14. The highest BCUT2D eigenvalue weighted by molar-refractivity contribution is 5.87. The maximum Gasteiger partial charge on any atom is 0.303 e. The Morgan fingerprint density at radius 2 is 1.90 bits per heavy atom. The molecule has 1 unspecified atom stereocenters. The Kier molecular flexibility index (Phi) is 12.8. The highest BCUT2D eigenvalue weighted by Gasteiger charge is 2.21. The summed E-state index contributed by atoms with van der Waals surface area (Å²) in [6.45, 7) is 5.17. The summed E-state index contributed by atoms with van der Waals surface area (Å²) in [5.74, 6) is 0.0996. The van der Waals surface area contributed by atoms with E-state index in [0.717, 1.165) is 42.0 Å².